The van der Waals surface area contributed by atoms with E-state index in [-0.39, 0.29) is 5.91 Å². The van der Waals surface area contributed by atoms with Crippen molar-refractivity contribution < 1.29 is 4.79 Å². The molecule has 136 valence electrons. The Morgan fingerprint density at radius 3 is 2.48 bits per heavy atom. The molecule has 2 heterocycles. The van der Waals surface area contributed by atoms with E-state index in [0.29, 0.717) is 4.91 Å². The maximum atomic E-state index is 12.4. The zero-order valence-corrected chi connectivity index (χ0v) is 16.7. The Hall–Kier alpha value is -2.79. The summed E-state index contributed by atoms with van der Waals surface area (Å²) in [5.41, 5.74) is 4.45. The van der Waals surface area contributed by atoms with Gasteiger partial charge in [0.1, 0.15) is 0 Å². The van der Waals surface area contributed by atoms with Crippen molar-refractivity contribution in [1.29, 1.82) is 0 Å². The number of nitrogens with zero attached hydrogens (tertiary/aromatic N) is 3. The minimum Gasteiger partial charge on any atom is -0.318 e. The summed E-state index contributed by atoms with van der Waals surface area (Å²) in [5, 5.41) is 3.18. The summed E-state index contributed by atoms with van der Waals surface area (Å²) in [4.78, 5) is 18.9. The molecule has 0 saturated carbocycles. The molecule has 1 aliphatic rings. The fraction of sp³-hybridized carbons (Fsp3) is 0.182. The van der Waals surface area contributed by atoms with Gasteiger partial charge >= 0.3 is 0 Å². The van der Waals surface area contributed by atoms with Crippen molar-refractivity contribution in [1.82, 2.24) is 9.47 Å². The molecule has 1 aromatic heterocycles. The quantitative estimate of drug-likeness (QED) is 0.605. The SMILES string of the molecule is CN=C1S/C(=C\c2cc(C)n(-c3ccc4ccccc4c3)c2C)C(=O)N1C. The van der Waals surface area contributed by atoms with Crippen molar-refractivity contribution in [2.24, 2.45) is 4.99 Å². The monoisotopic (exact) mass is 375 g/mol. The second kappa shape index (κ2) is 6.74. The molecule has 1 fully saturated rings. The van der Waals surface area contributed by atoms with E-state index < -0.39 is 0 Å². The van der Waals surface area contributed by atoms with Gasteiger partial charge in [-0.25, -0.2) is 0 Å². The minimum atomic E-state index is -0.00360. The summed E-state index contributed by atoms with van der Waals surface area (Å²) >= 11 is 1.42. The summed E-state index contributed by atoms with van der Waals surface area (Å²) in [6.45, 7) is 4.19. The van der Waals surface area contributed by atoms with Crippen LogP contribution >= 0.6 is 11.8 Å². The molecule has 0 unspecified atom stereocenters. The van der Waals surface area contributed by atoms with E-state index in [2.05, 4.69) is 71.9 Å². The standard InChI is InChI=1S/C22H21N3OS/c1-14-11-18(13-20-21(26)24(4)22(23-3)27-20)15(2)25(14)19-10-9-16-7-5-6-8-17(16)12-19/h5-13H,1-4H3/b20-13-,23-22?. The second-order valence-electron chi connectivity index (χ2n) is 6.67. The molecule has 27 heavy (non-hydrogen) atoms. The van der Waals surface area contributed by atoms with E-state index in [9.17, 15) is 4.79 Å². The van der Waals surface area contributed by atoms with Crippen molar-refractivity contribution in [3.63, 3.8) is 0 Å². The summed E-state index contributed by atoms with van der Waals surface area (Å²) in [6.07, 6.45) is 1.97. The van der Waals surface area contributed by atoms with Gasteiger partial charge in [-0.3, -0.25) is 14.7 Å². The fourth-order valence-electron chi connectivity index (χ4n) is 3.54. The van der Waals surface area contributed by atoms with E-state index in [1.54, 1.807) is 19.0 Å². The maximum Gasteiger partial charge on any atom is 0.266 e. The van der Waals surface area contributed by atoms with Gasteiger partial charge in [0, 0.05) is 31.2 Å². The topological polar surface area (TPSA) is 37.6 Å². The van der Waals surface area contributed by atoms with E-state index in [0.717, 1.165) is 27.8 Å². The lowest BCUT2D eigenvalue weighted by atomic mass is 10.1. The molecular formula is C22H21N3OS. The number of carbonyl (C=O) groups is 1. The molecule has 0 aliphatic carbocycles. The van der Waals surface area contributed by atoms with Crippen LogP contribution in [-0.2, 0) is 4.79 Å². The molecule has 1 amide bonds. The zero-order chi connectivity index (χ0) is 19.1. The Balaban J connectivity index is 1.78. The van der Waals surface area contributed by atoms with Crippen molar-refractivity contribution in [2.75, 3.05) is 14.1 Å². The normalized spacial score (nSPS) is 17.6. The third-order valence-corrected chi connectivity index (χ3v) is 6.09. The Kier molecular flexibility index (Phi) is 4.40. The smallest absolute Gasteiger partial charge is 0.266 e. The number of amidine groups is 1. The molecule has 2 aromatic carbocycles. The summed E-state index contributed by atoms with van der Waals surface area (Å²) in [7, 11) is 3.47. The van der Waals surface area contributed by atoms with Crippen LogP contribution < -0.4 is 0 Å². The Labute approximate surface area is 163 Å². The van der Waals surface area contributed by atoms with Crippen LogP contribution in [0, 0.1) is 13.8 Å². The molecule has 5 heteroatoms. The number of benzene rings is 2. The molecule has 4 rings (SSSR count). The lowest BCUT2D eigenvalue weighted by Crippen LogP contribution is -2.23. The minimum absolute atomic E-state index is 0.00360. The lowest BCUT2D eigenvalue weighted by molar-refractivity contribution is -0.121. The van der Waals surface area contributed by atoms with E-state index in [1.165, 1.54) is 22.5 Å². The van der Waals surface area contributed by atoms with Gasteiger partial charge in [0.25, 0.3) is 5.91 Å². The zero-order valence-electron chi connectivity index (χ0n) is 15.9. The van der Waals surface area contributed by atoms with Crippen LogP contribution in [0.25, 0.3) is 22.5 Å². The Bertz CT molecular complexity index is 1120. The molecule has 0 atom stereocenters. The fourth-order valence-corrected chi connectivity index (χ4v) is 4.46. The number of likely N-dealkylation sites (N-methyl/N-ethyl adjacent to an activating group) is 1. The van der Waals surface area contributed by atoms with Crippen LogP contribution in [0.3, 0.4) is 0 Å². The second-order valence-corrected chi connectivity index (χ2v) is 7.68. The van der Waals surface area contributed by atoms with Crippen LogP contribution in [0.15, 0.2) is 58.4 Å². The average Bonchev–Trinajstić information content (AvgIpc) is 3.11. The highest BCUT2D eigenvalue weighted by Crippen LogP contribution is 2.33. The molecule has 0 radical (unpaired) electrons. The third kappa shape index (κ3) is 2.98. The number of thioether (sulfide) groups is 1. The Morgan fingerprint density at radius 2 is 1.78 bits per heavy atom. The van der Waals surface area contributed by atoms with E-state index >= 15 is 0 Å². The van der Waals surface area contributed by atoms with Crippen molar-refractivity contribution in [2.45, 2.75) is 13.8 Å². The molecule has 3 aromatic rings. The van der Waals surface area contributed by atoms with E-state index in [1.807, 2.05) is 6.08 Å². The van der Waals surface area contributed by atoms with Crippen molar-refractivity contribution in [3.8, 4) is 5.69 Å². The molecule has 1 aliphatic heterocycles. The van der Waals surface area contributed by atoms with Crippen LogP contribution in [0.4, 0.5) is 0 Å². The Morgan fingerprint density at radius 1 is 1.04 bits per heavy atom. The number of aliphatic imine (C=N–C) groups is 1. The summed E-state index contributed by atoms with van der Waals surface area (Å²) < 4.78 is 2.24. The molecular weight excluding hydrogens is 354 g/mol. The molecule has 4 nitrogen and oxygen atoms in total. The summed E-state index contributed by atoms with van der Waals surface area (Å²) in [5.74, 6) is -0.00360. The predicted octanol–water partition coefficient (Wildman–Crippen LogP) is 4.78. The lowest BCUT2D eigenvalue weighted by Gasteiger charge is -2.11. The number of hydrogen-bond donors (Lipinski definition) is 0. The first-order chi connectivity index (χ1) is 13.0. The van der Waals surface area contributed by atoms with Crippen LogP contribution in [0.1, 0.15) is 17.0 Å². The number of aryl methyl sites for hydroxylation is 1. The van der Waals surface area contributed by atoms with Gasteiger partial charge in [-0.05, 0) is 66.2 Å². The van der Waals surface area contributed by atoms with Gasteiger partial charge in [-0.2, -0.15) is 0 Å². The van der Waals surface area contributed by atoms with Gasteiger partial charge in [0.15, 0.2) is 5.17 Å². The predicted molar refractivity (Wildman–Crippen MR) is 114 cm³/mol. The average molecular weight is 375 g/mol. The number of rotatable bonds is 2. The van der Waals surface area contributed by atoms with Gasteiger partial charge < -0.3 is 4.57 Å². The van der Waals surface area contributed by atoms with Crippen LogP contribution in [0.5, 0.6) is 0 Å². The number of carbonyl (C=O) groups excluding carboxylic acids is 1. The van der Waals surface area contributed by atoms with Crippen molar-refractivity contribution in [3.05, 3.63) is 70.4 Å². The molecule has 1 saturated heterocycles. The first-order valence-corrected chi connectivity index (χ1v) is 9.64. The largest absolute Gasteiger partial charge is 0.318 e. The number of amides is 1. The molecule has 0 N–H and O–H groups in total. The molecule has 0 bridgehead atoms. The first kappa shape index (κ1) is 17.6. The van der Waals surface area contributed by atoms with E-state index in [4.69, 9.17) is 0 Å². The summed E-state index contributed by atoms with van der Waals surface area (Å²) in [6, 6.07) is 17.0. The maximum absolute atomic E-state index is 12.4. The van der Waals surface area contributed by atoms with Crippen LogP contribution in [-0.4, -0.2) is 34.6 Å². The first-order valence-electron chi connectivity index (χ1n) is 8.82. The number of fused-ring (bicyclic) bond motifs is 1. The van der Waals surface area contributed by atoms with Gasteiger partial charge in [-0.15, -0.1) is 0 Å². The highest BCUT2D eigenvalue weighted by Gasteiger charge is 2.30. The van der Waals surface area contributed by atoms with Crippen LogP contribution in [0.2, 0.25) is 0 Å². The highest BCUT2D eigenvalue weighted by atomic mass is 32.2. The number of aromatic nitrogens is 1. The van der Waals surface area contributed by atoms with Gasteiger partial charge in [0.2, 0.25) is 0 Å². The van der Waals surface area contributed by atoms with Gasteiger partial charge in [0.05, 0.1) is 4.91 Å². The van der Waals surface area contributed by atoms with Crippen molar-refractivity contribution >= 4 is 39.7 Å². The molecule has 0 spiro atoms. The third-order valence-electron chi connectivity index (χ3n) is 4.94. The van der Waals surface area contributed by atoms with Gasteiger partial charge in [-0.1, -0.05) is 30.3 Å². The number of hydrogen-bond acceptors (Lipinski definition) is 3. The highest BCUT2D eigenvalue weighted by molar-refractivity contribution is 8.18.